The molecule has 0 saturated heterocycles. The Balaban J connectivity index is 1.79. The highest BCUT2D eigenvalue weighted by molar-refractivity contribution is 5.27. The third-order valence-electron chi connectivity index (χ3n) is 4.96. The van der Waals surface area contributed by atoms with Gasteiger partial charge in [0.15, 0.2) is 0 Å². The summed E-state index contributed by atoms with van der Waals surface area (Å²) in [5.74, 6) is 1.72. The van der Waals surface area contributed by atoms with Gasteiger partial charge < -0.3 is 0 Å². The number of unbranched alkanes of at least 4 members (excludes halogenated alkanes) is 2. The smallest absolute Gasteiger partial charge is 0.0830 e. The van der Waals surface area contributed by atoms with E-state index < -0.39 is 0 Å². The molecule has 1 heteroatoms. The molecule has 0 nitrogen and oxygen atoms in total. The van der Waals surface area contributed by atoms with Crippen LogP contribution in [0.2, 0.25) is 0 Å². The van der Waals surface area contributed by atoms with Crippen molar-refractivity contribution in [1.29, 1.82) is 0 Å². The zero-order valence-electron chi connectivity index (χ0n) is 13.4. The van der Waals surface area contributed by atoms with Crippen molar-refractivity contribution in [2.45, 2.75) is 70.6 Å². The van der Waals surface area contributed by atoms with E-state index in [4.69, 9.17) is 0 Å². The molecule has 0 bridgehead atoms. The van der Waals surface area contributed by atoms with Gasteiger partial charge in [-0.3, -0.25) is 0 Å². The Morgan fingerprint density at radius 3 is 2.38 bits per heavy atom. The number of hydrogen-bond acceptors (Lipinski definition) is 0. The van der Waals surface area contributed by atoms with Crippen molar-refractivity contribution in [3.63, 3.8) is 0 Å². The highest BCUT2D eigenvalue weighted by Crippen LogP contribution is 2.37. The van der Waals surface area contributed by atoms with E-state index in [0.29, 0.717) is 12.8 Å². The molecule has 0 atom stereocenters. The van der Waals surface area contributed by atoms with Crippen LogP contribution >= 0.6 is 0 Å². The van der Waals surface area contributed by atoms with Crippen molar-refractivity contribution in [2.75, 3.05) is 0 Å². The first-order valence-electron chi connectivity index (χ1n) is 8.67. The topological polar surface area (TPSA) is 0 Å². The first-order valence-corrected chi connectivity index (χ1v) is 8.67. The Morgan fingerprint density at radius 2 is 1.76 bits per heavy atom. The molecule has 1 aromatic rings. The molecule has 0 unspecified atom stereocenters. The Kier molecular flexibility index (Phi) is 6.99. The van der Waals surface area contributed by atoms with E-state index >= 15 is 0 Å². The zero-order chi connectivity index (χ0) is 14.9. The normalized spacial score (nSPS) is 22.8. The zero-order valence-corrected chi connectivity index (χ0v) is 13.4. The molecule has 0 radical (unpaired) electrons. The average Bonchev–Trinajstić information content (AvgIpc) is 2.54. The summed E-state index contributed by atoms with van der Waals surface area (Å²) in [6, 6.07) is 8.82. The SMILES string of the molecule is CCCCCC1CCC(c2ccc(C/C=C/F)cc2)CC1. The highest BCUT2D eigenvalue weighted by Gasteiger charge is 2.21. The first kappa shape index (κ1) is 16.3. The van der Waals surface area contributed by atoms with Crippen LogP contribution in [-0.2, 0) is 6.42 Å². The van der Waals surface area contributed by atoms with Gasteiger partial charge in [-0.25, -0.2) is 4.39 Å². The van der Waals surface area contributed by atoms with Gasteiger partial charge in [0, 0.05) is 0 Å². The van der Waals surface area contributed by atoms with Crippen LogP contribution in [0.1, 0.15) is 75.3 Å². The Bertz CT molecular complexity index is 410. The van der Waals surface area contributed by atoms with Crippen LogP contribution in [0, 0.1) is 5.92 Å². The van der Waals surface area contributed by atoms with E-state index in [9.17, 15) is 4.39 Å². The van der Waals surface area contributed by atoms with Crippen molar-refractivity contribution in [1.82, 2.24) is 0 Å². The fourth-order valence-electron chi connectivity index (χ4n) is 3.57. The standard InChI is InChI=1S/C20H29F/c1-2-3-4-6-17-8-12-19(13-9-17)20-14-10-18(11-15-20)7-5-16-21/h5,10-11,14-17,19H,2-4,6-9,12-13H2,1H3/b16-5+. The molecule has 2 rings (SSSR count). The first-order chi connectivity index (χ1) is 10.3. The molecule has 21 heavy (non-hydrogen) atoms. The van der Waals surface area contributed by atoms with Crippen molar-refractivity contribution in [3.05, 3.63) is 47.8 Å². The van der Waals surface area contributed by atoms with Gasteiger partial charge >= 0.3 is 0 Å². The maximum atomic E-state index is 12.0. The average molecular weight is 288 g/mol. The van der Waals surface area contributed by atoms with Gasteiger partial charge in [0.05, 0.1) is 6.33 Å². The molecule has 1 aliphatic rings. The number of rotatable bonds is 7. The summed E-state index contributed by atoms with van der Waals surface area (Å²) < 4.78 is 12.0. The summed E-state index contributed by atoms with van der Waals surface area (Å²) in [5.41, 5.74) is 2.68. The van der Waals surface area contributed by atoms with E-state index in [2.05, 4.69) is 31.2 Å². The third-order valence-corrected chi connectivity index (χ3v) is 4.96. The van der Waals surface area contributed by atoms with Crippen molar-refractivity contribution in [3.8, 4) is 0 Å². The summed E-state index contributed by atoms with van der Waals surface area (Å²) in [5, 5.41) is 0. The van der Waals surface area contributed by atoms with Crippen LogP contribution in [0.15, 0.2) is 36.7 Å². The Morgan fingerprint density at radius 1 is 1.05 bits per heavy atom. The summed E-state index contributed by atoms with van der Waals surface area (Å²) in [7, 11) is 0. The van der Waals surface area contributed by atoms with Gasteiger partial charge in [0.25, 0.3) is 0 Å². The molecule has 0 amide bonds. The number of halogens is 1. The monoisotopic (exact) mass is 288 g/mol. The highest BCUT2D eigenvalue weighted by atomic mass is 19.1. The number of benzene rings is 1. The molecule has 0 aliphatic heterocycles. The molecule has 116 valence electrons. The van der Waals surface area contributed by atoms with Crippen molar-refractivity contribution < 1.29 is 4.39 Å². The minimum Gasteiger partial charge on any atom is -0.216 e. The van der Waals surface area contributed by atoms with Crippen LogP contribution in [0.25, 0.3) is 0 Å². The Labute approximate surface area is 129 Å². The minimum absolute atomic E-state index is 0.633. The maximum Gasteiger partial charge on any atom is 0.0830 e. The minimum atomic E-state index is 0.633. The number of allylic oxidation sites excluding steroid dienone is 1. The fraction of sp³-hybridized carbons (Fsp3) is 0.600. The lowest BCUT2D eigenvalue weighted by atomic mass is 9.77. The quantitative estimate of drug-likeness (QED) is 0.498. The van der Waals surface area contributed by atoms with Crippen LogP contribution < -0.4 is 0 Å². The van der Waals surface area contributed by atoms with Gasteiger partial charge in [0.1, 0.15) is 0 Å². The van der Waals surface area contributed by atoms with Crippen LogP contribution in [-0.4, -0.2) is 0 Å². The summed E-state index contributed by atoms with van der Waals surface area (Å²) in [6.45, 7) is 2.28. The predicted molar refractivity (Wildman–Crippen MR) is 89.2 cm³/mol. The van der Waals surface area contributed by atoms with Crippen LogP contribution in [0.4, 0.5) is 4.39 Å². The van der Waals surface area contributed by atoms with Gasteiger partial charge in [-0.15, -0.1) is 0 Å². The summed E-state index contributed by atoms with van der Waals surface area (Å²) >= 11 is 0. The molecule has 0 heterocycles. The van der Waals surface area contributed by atoms with E-state index in [-0.39, 0.29) is 0 Å². The molecule has 1 aliphatic carbocycles. The predicted octanol–water partition coefficient (Wildman–Crippen LogP) is 6.57. The third kappa shape index (κ3) is 5.30. The van der Waals surface area contributed by atoms with E-state index in [0.717, 1.165) is 11.8 Å². The van der Waals surface area contributed by atoms with Gasteiger partial charge in [-0.2, -0.15) is 0 Å². The second kappa shape index (κ2) is 9.02. The molecular weight excluding hydrogens is 259 g/mol. The van der Waals surface area contributed by atoms with E-state index in [1.807, 2.05) is 0 Å². The summed E-state index contributed by atoms with van der Waals surface area (Å²) in [4.78, 5) is 0. The lowest BCUT2D eigenvalue weighted by Gasteiger charge is -2.29. The molecule has 0 aromatic heterocycles. The summed E-state index contributed by atoms with van der Waals surface area (Å²) in [6.07, 6.45) is 14.0. The van der Waals surface area contributed by atoms with Crippen molar-refractivity contribution >= 4 is 0 Å². The van der Waals surface area contributed by atoms with Gasteiger partial charge in [-0.1, -0.05) is 62.9 Å². The second-order valence-corrected chi connectivity index (χ2v) is 6.52. The molecule has 0 N–H and O–H groups in total. The largest absolute Gasteiger partial charge is 0.216 e. The van der Waals surface area contributed by atoms with Crippen LogP contribution in [0.3, 0.4) is 0 Å². The second-order valence-electron chi connectivity index (χ2n) is 6.52. The van der Waals surface area contributed by atoms with E-state index in [1.165, 1.54) is 62.5 Å². The molecular formula is C20H29F. The fourth-order valence-corrected chi connectivity index (χ4v) is 3.57. The lowest BCUT2D eigenvalue weighted by molar-refractivity contribution is 0.303. The molecule has 0 spiro atoms. The molecule has 1 aromatic carbocycles. The molecule has 1 fully saturated rings. The number of hydrogen-bond donors (Lipinski definition) is 0. The van der Waals surface area contributed by atoms with Gasteiger partial charge in [0.2, 0.25) is 0 Å². The van der Waals surface area contributed by atoms with E-state index in [1.54, 1.807) is 6.08 Å². The van der Waals surface area contributed by atoms with Crippen LogP contribution in [0.5, 0.6) is 0 Å². The van der Waals surface area contributed by atoms with Crippen molar-refractivity contribution in [2.24, 2.45) is 5.92 Å². The lowest BCUT2D eigenvalue weighted by Crippen LogP contribution is -2.13. The van der Waals surface area contributed by atoms with Gasteiger partial charge in [-0.05, 0) is 55.1 Å². The molecule has 1 saturated carbocycles. The Hall–Kier alpha value is -1.11. The maximum absolute atomic E-state index is 12.0.